The molecule has 0 amide bonds. The molecule has 2 nitrogen and oxygen atoms in total. The van der Waals surface area contributed by atoms with E-state index in [1.807, 2.05) is 0 Å². The Hall–Kier alpha value is -0.930. The van der Waals surface area contributed by atoms with Crippen LogP contribution in [0.15, 0.2) is 24.3 Å². The Morgan fingerprint density at radius 2 is 1.84 bits per heavy atom. The summed E-state index contributed by atoms with van der Waals surface area (Å²) in [6.07, 6.45) is 5.45. The van der Waals surface area contributed by atoms with E-state index in [1.54, 1.807) is 19.2 Å². The fourth-order valence-corrected chi connectivity index (χ4v) is 2.00. The monoisotopic (exact) mass is 287 g/mol. The zero-order chi connectivity index (χ0) is 13.4. The Morgan fingerprint density at radius 3 is 2.37 bits per heavy atom. The summed E-state index contributed by atoms with van der Waals surface area (Å²) in [5.41, 5.74) is 0.575. The first-order chi connectivity index (χ1) is 8.69. The number of Topliss-reactive ketones (excluding diaryl/α,β-unsaturated/α-hetero) is 1. The fourth-order valence-electron chi connectivity index (χ4n) is 2.00. The van der Waals surface area contributed by atoms with Crippen LogP contribution >= 0.6 is 12.4 Å². The number of ketones is 1. The van der Waals surface area contributed by atoms with E-state index in [9.17, 15) is 9.18 Å². The molecule has 0 aliphatic rings. The summed E-state index contributed by atoms with van der Waals surface area (Å²) < 4.78 is 12.8. The minimum Gasteiger partial charge on any atom is -0.310 e. The Kier molecular flexibility index (Phi) is 9.44. The maximum Gasteiger partial charge on any atom is 0.179 e. The van der Waals surface area contributed by atoms with Gasteiger partial charge < -0.3 is 5.32 Å². The number of rotatable bonds is 8. The highest BCUT2D eigenvalue weighted by Crippen LogP contribution is 2.11. The van der Waals surface area contributed by atoms with Gasteiger partial charge in [-0.3, -0.25) is 4.79 Å². The van der Waals surface area contributed by atoms with Crippen molar-refractivity contribution in [3.63, 3.8) is 0 Å². The molecule has 0 aromatic heterocycles. The lowest BCUT2D eigenvalue weighted by atomic mass is 9.99. The highest BCUT2D eigenvalue weighted by Gasteiger charge is 2.17. The first kappa shape index (κ1) is 18.1. The molecule has 0 radical (unpaired) electrons. The number of likely N-dealkylation sites (N-methyl/N-ethyl adjacent to an activating group) is 1. The maximum absolute atomic E-state index is 12.8. The molecule has 0 aliphatic heterocycles. The highest BCUT2D eigenvalue weighted by atomic mass is 35.5. The van der Waals surface area contributed by atoms with Gasteiger partial charge in [-0.05, 0) is 37.7 Å². The summed E-state index contributed by atoms with van der Waals surface area (Å²) in [5.74, 6) is -0.260. The summed E-state index contributed by atoms with van der Waals surface area (Å²) in [6.45, 7) is 2.17. The summed E-state index contributed by atoms with van der Waals surface area (Å²) in [6, 6.07) is 5.60. The van der Waals surface area contributed by atoms with Crippen molar-refractivity contribution in [2.24, 2.45) is 0 Å². The predicted molar refractivity (Wildman–Crippen MR) is 79.6 cm³/mol. The van der Waals surface area contributed by atoms with Gasteiger partial charge in [-0.1, -0.05) is 32.6 Å². The van der Waals surface area contributed by atoms with Crippen LogP contribution < -0.4 is 5.32 Å². The smallest absolute Gasteiger partial charge is 0.179 e. The van der Waals surface area contributed by atoms with Gasteiger partial charge in [0.15, 0.2) is 5.78 Å². The van der Waals surface area contributed by atoms with Crippen LogP contribution in [0.25, 0.3) is 0 Å². The second-order valence-corrected chi connectivity index (χ2v) is 4.56. The second kappa shape index (κ2) is 9.93. The molecule has 0 heterocycles. The fraction of sp³-hybridized carbons (Fsp3) is 0.533. The van der Waals surface area contributed by atoms with Crippen LogP contribution in [0.5, 0.6) is 0 Å². The van der Waals surface area contributed by atoms with E-state index in [0.29, 0.717) is 5.56 Å². The number of carbonyl (C=O) groups excluding carboxylic acids is 1. The molecule has 1 aromatic rings. The van der Waals surface area contributed by atoms with E-state index in [4.69, 9.17) is 0 Å². The summed E-state index contributed by atoms with van der Waals surface area (Å²) in [7, 11) is 1.80. The second-order valence-electron chi connectivity index (χ2n) is 4.56. The van der Waals surface area contributed by atoms with Crippen molar-refractivity contribution < 1.29 is 9.18 Å². The third-order valence-electron chi connectivity index (χ3n) is 3.14. The molecule has 0 spiro atoms. The van der Waals surface area contributed by atoms with Crippen LogP contribution in [-0.4, -0.2) is 18.9 Å². The minimum absolute atomic E-state index is 0. The first-order valence-corrected chi connectivity index (χ1v) is 6.66. The van der Waals surface area contributed by atoms with Gasteiger partial charge in [-0.25, -0.2) is 4.39 Å². The quantitative estimate of drug-likeness (QED) is 0.579. The average molecular weight is 288 g/mol. The van der Waals surface area contributed by atoms with Crippen LogP contribution in [0.4, 0.5) is 4.39 Å². The lowest BCUT2D eigenvalue weighted by molar-refractivity contribution is 0.0941. The number of carbonyl (C=O) groups is 1. The summed E-state index contributed by atoms with van der Waals surface area (Å²) in [4.78, 5) is 12.2. The van der Waals surface area contributed by atoms with Crippen molar-refractivity contribution in [1.82, 2.24) is 5.32 Å². The molecule has 108 valence electrons. The van der Waals surface area contributed by atoms with Gasteiger partial charge in [0.05, 0.1) is 6.04 Å². The topological polar surface area (TPSA) is 29.1 Å². The van der Waals surface area contributed by atoms with E-state index >= 15 is 0 Å². The van der Waals surface area contributed by atoms with Crippen molar-refractivity contribution in [2.75, 3.05) is 7.05 Å². The standard InChI is InChI=1S/C15H22FNO.ClH/c1-3-4-5-6-7-14(17-2)15(18)12-8-10-13(16)11-9-12;/h8-11,14,17H,3-7H2,1-2H3;1H. The van der Waals surface area contributed by atoms with Crippen LogP contribution in [0.1, 0.15) is 49.4 Å². The van der Waals surface area contributed by atoms with Crippen molar-refractivity contribution in [3.8, 4) is 0 Å². The SMILES string of the molecule is CCCCCCC(NC)C(=O)c1ccc(F)cc1.Cl. The predicted octanol–water partition coefficient (Wildman–Crippen LogP) is 3.99. The average Bonchev–Trinajstić information content (AvgIpc) is 2.39. The summed E-state index contributed by atoms with van der Waals surface area (Å²) >= 11 is 0. The lowest BCUT2D eigenvalue weighted by Gasteiger charge is -2.14. The van der Waals surface area contributed by atoms with E-state index in [0.717, 1.165) is 19.3 Å². The molecule has 0 aliphatic carbocycles. The normalized spacial score (nSPS) is 11.7. The molecule has 4 heteroatoms. The molecule has 0 fully saturated rings. The van der Waals surface area contributed by atoms with Gasteiger partial charge >= 0.3 is 0 Å². The van der Waals surface area contributed by atoms with E-state index in [2.05, 4.69) is 12.2 Å². The number of halogens is 2. The lowest BCUT2D eigenvalue weighted by Crippen LogP contribution is -2.34. The van der Waals surface area contributed by atoms with E-state index in [-0.39, 0.29) is 30.0 Å². The van der Waals surface area contributed by atoms with Gasteiger partial charge in [-0.2, -0.15) is 0 Å². The molecule has 1 atom stereocenters. The zero-order valence-electron chi connectivity index (χ0n) is 11.6. The first-order valence-electron chi connectivity index (χ1n) is 6.66. The Morgan fingerprint density at radius 1 is 1.21 bits per heavy atom. The molecule has 0 bridgehead atoms. The van der Waals surface area contributed by atoms with Gasteiger partial charge in [0, 0.05) is 5.56 Å². The Bertz CT molecular complexity index is 367. The minimum atomic E-state index is -0.310. The molecule has 1 aromatic carbocycles. The van der Waals surface area contributed by atoms with Crippen molar-refractivity contribution >= 4 is 18.2 Å². The van der Waals surface area contributed by atoms with Crippen LogP contribution in [0.3, 0.4) is 0 Å². The molecule has 0 saturated heterocycles. The molecular formula is C15H23ClFNO. The molecular weight excluding hydrogens is 265 g/mol. The van der Waals surface area contributed by atoms with E-state index in [1.165, 1.54) is 25.0 Å². The molecule has 1 unspecified atom stereocenters. The van der Waals surface area contributed by atoms with Crippen LogP contribution in [-0.2, 0) is 0 Å². The third-order valence-corrected chi connectivity index (χ3v) is 3.14. The number of nitrogens with one attached hydrogen (secondary N) is 1. The number of hydrogen-bond acceptors (Lipinski definition) is 2. The Balaban J connectivity index is 0.00000324. The van der Waals surface area contributed by atoms with Crippen LogP contribution in [0, 0.1) is 5.82 Å². The van der Waals surface area contributed by atoms with E-state index < -0.39 is 0 Å². The molecule has 0 saturated carbocycles. The zero-order valence-corrected chi connectivity index (χ0v) is 12.4. The summed E-state index contributed by atoms with van der Waals surface area (Å²) in [5, 5.41) is 3.05. The number of unbranched alkanes of at least 4 members (excludes halogenated alkanes) is 3. The van der Waals surface area contributed by atoms with Crippen molar-refractivity contribution in [3.05, 3.63) is 35.6 Å². The third kappa shape index (κ3) is 6.17. The van der Waals surface area contributed by atoms with Crippen molar-refractivity contribution in [2.45, 2.75) is 45.1 Å². The van der Waals surface area contributed by atoms with Gasteiger partial charge in [0.1, 0.15) is 5.82 Å². The highest BCUT2D eigenvalue weighted by molar-refractivity contribution is 6.00. The number of hydrogen-bond donors (Lipinski definition) is 1. The molecule has 1 rings (SSSR count). The van der Waals surface area contributed by atoms with Crippen molar-refractivity contribution in [1.29, 1.82) is 0 Å². The van der Waals surface area contributed by atoms with Gasteiger partial charge in [0.2, 0.25) is 0 Å². The van der Waals surface area contributed by atoms with Gasteiger partial charge in [0.25, 0.3) is 0 Å². The molecule has 19 heavy (non-hydrogen) atoms. The van der Waals surface area contributed by atoms with Crippen LogP contribution in [0.2, 0.25) is 0 Å². The number of benzene rings is 1. The largest absolute Gasteiger partial charge is 0.310 e. The molecule has 1 N–H and O–H groups in total. The maximum atomic E-state index is 12.8. The van der Waals surface area contributed by atoms with Gasteiger partial charge in [-0.15, -0.1) is 12.4 Å². The Labute approximate surface area is 121 Å².